The van der Waals surface area contributed by atoms with E-state index >= 15 is 0 Å². The lowest BCUT2D eigenvalue weighted by molar-refractivity contribution is 0.301. The molecule has 3 nitrogen and oxygen atoms in total. The van der Waals surface area contributed by atoms with Gasteiger partial charge in [-0.1, -0.05) is 5.73 Å². The largest absolute Gasteiger partial charge is 0.473 e. The third-order valence-electron chi connectivity index (χ3n) is 2.44. The van der Waals surface area contributed by atoms with E-state index < -0.39 is 0 Å². The summed E-state index contributed by atoms with van der Waals surface area (Å²) >= 11 is 0. The Hall–Kier alpha value is -1.86. The van der Waals surface area contributed by atoms with Crippen LogP contribution in [0.25, 0.3) is 0 Å². The molecule has 1 fully saturated rings. The summed E-state index contributed by atoms with van der Waals surface area (Å²) in [7, 11) is 0. The summed E-state index contributed by atoms with van der Waals surface area (Å²) in [6.07, 6.45) is 1.90. The molecule has 1 heterocycles. The van der Waals surface area contributed by atoms with Crippen molar-refractivity contribution < 1.29 is 4.74 Å². The number of ether oxygens (including phenoxy) is 1. The number of hydrogen-bond donors (Lipinski definition) is 1. The predicted octanol–water partition coefficient (Wildman–Crippen LogP) is 1.49. The fourth-order valence-electron chi connectivity index (χ4n) is 1.40. The van der Waals surface area contributed by atoms with Crippen LogP contribution in [0.2, 0.25) is 0 Å². The SMILES string of the molecule is C1=CC=1NCOc1ccc(N2CC2)cc1. The quantitative estimate of drug-likeness (QED) is 0.442. The smallest absolute Gasteiger partial charge is 0.159 e. The Morgan fingerprint density at radius 3 is 2.60 bits per heavy atom. The first-order valence-electron chi connectivity index (χ1n) is 5.10. The van der Waals surface area contributed by atoms with Gasteiger partial charge in [0, 0.05) is 24.9 Å². The van der Waals surface area contributed by atoms with Crippen LogP contribution in [-0.2, 0) is 0 Å². The van der Waals surface area contributed by atoms with Gasteiger partial charge in [-0.05, 0) is 24.3 Å². The molecule has 2 aliphatic rings. The van der Waals surface area contributed by atoms with Crippen molar-refractivity contribution in [2.24, 2.45) is 0 Å². The van der Waals surface area contributed by atoms with Crippen LogP contribution in [0.3, 0.4) is 0 Å². The van der Waals surface area contributed by atoms with Gasteiger partial charge in [-0.15, -0.1) is 0 Å². The first kappa shape index (κ1) is 8.45. The number of hydrogen-bond acceptors (Lipinski definition) is 3. The monoisotopic (exact) mass is 200 g/mol. The van der Waals surface area contributed by atoms with Crippen LogP contribution in [0.15, 0.2) is 41.8 Å². The maximum absolute atomic E-state index is 5.50. The van der Waals surface area contributed by atoms with Crippen molar-refractivity contribution in [2.45, 2.75) is 0 Å². The van der Waals surface area contributed by atoms with Gasteiger partial charge >= 0.3 is 0 Å². The molecule has 1 aliphatic heterocycles. The molecule has 1 aliphatic carbocycles. The molecule has 0 amide bonds. The van der Waals surface area contributed by atoms with E-state index in [0.717, 1.165) is 11.4 Å². The topological polar surface area (TPSA) is 24.3 Å². The molecule has 0 aromatic heterocycles. The number of nitrogens with zero attached hydrogens (tertiary/aromatic N) is 1. The summed E-state index contributed by atoms with van der Waals surface area (Å²) < 4.78 is 5.50. The van der Waals surface area contributed by atoms with Gasteiger partial charge < -0.3 is 15.0 Å². The zero-order valence-corrected chi connectivity index (χ0v) is 8.36. The van der Waals surface area contributed by atoms with E-state index in [4.69, 9.17) is 4.74 Å². The number of nitrogens with one attached hydrogen (secondary N) is 1. The van der Waals surface area contributed by atoms with Gasteiger partial charge in [-0.25, -0.2) is 0 Å². The summed E-state index contributed by atoms with van der Waals surface area (Å²) in [6.45, 7) is 2.87. The van der Waals surface area contributed by atoms with Crippen LogP contribution < -0.4 is 15.0 Å². The van der Waals surface area contributed by atoms with Crippen LogP contribution in [0, 0.1) is 0 Å². The zero-order valence-electron chi connectivity index (χ0n) is 8.36. The lowest BCUT2D eigenvalue weighted by atomic mass is 10.3. The molecule has 1 saturated heterocycles. The van der Waals surface area contributed by atoms with Crippen molar-refractivity contribution in [1.82, 2.24) is 5.32 Å². The Morgan fingerprint density at radius 2 is 2.00 bits per heavy atom. The Balaban J connectivity index is 1.52. The molecule has 3 heteroatoms. The van der Waals surface area contributed by atoms with E-state index in [2.05, 4.69) is 28.1 Å². The minimum Gasteiger partial charge on any atom is -0.473 e. The van der Waals surface area contributed by atoms with Gasteiger partial charge in [0.25, 0.3) is 0 Å². The van der Waals surface area contributed by atoms with E-state index in [9.17, 15) is 0 Å². The van der Waals surface area contributed by atoms with E-state index in [-0.39, 0.29) is 0 Å². The number of anilines is 1. The molecule has 1 aromatic rings. The standard InChI is InChI=1S/C12H12N2O/c1-2-10(1)13-9-15-12-5-3-11(4-6-12)14-7-8-14/h1,3-6,13H,7-9H2. The van der Waals surface area contributed by atoms with E-state index in [1.165, 1.54) is 18.8 Å². The van der Waals surface area contributed by atoms with Crippen molar-refractivity contribution in [3.8, 4) is 5.75 Å². The lowest BCUT2D eigenvalue weighted by Crippen LogP contribution is -2.15. The van der Waals surface area contributed by atoms with Crippen LogP contribution >= 0.6 is 0 Å². The maximum atomic E-state index is 5.50. The molecule has 15 heavy (non-hydrogen) atoms. The molecule has 0 atom stereocenters. The summed E-state index contributed by atoms with van der Waals surface area (Å²) in [5.41, 5.74) is 5.26. The molecule has 0 bridgehead atoms. The second-order valence-corrected chi connectivity index (χ2v) is 3.65. The Morgan fingerprint density at radius 1 is 1.27 bits per heavy atom. The third kappa shape index (κ3) is 2.14. The zero-order chi connectivity index (χ0) is 10.1. The van der Waals surface area contributed by atoms with Crippen molar-refractivity contribution in [3.05, 3.63) is 41.8 Å². The van der Waals surface area contributed by atoms with Gasteiger partial charge in [0.1, 0.15) is 5.75 Å². The molecule has 0 radical (unpaired) electrons. The van der Waals surface area contributed by atoms with Crippen LogP contribution in [0.1, 0.15) is 0 Å². The average molecular weight is 200 g/mol. The molecular weight excluding hydrogens is 188 g/mol. The van der Waals surface area contributed by atoms with Crippen LogP contribution in [0.4, 0.5) is 5.69 Å². The summed E-state index contributed by atoms with van der Waals surface area (Å²) in [5, 5.41) is 3.07. The van der Waals surface area contributed by atoms with Crippen molar-refractivity contribution >= 4 is 5.69 Å². The molecule has 1 aromatic carbocycles. The highest BCUT2D eigenvalue weighted by atomic mass is 16.5. The summed E-state index contributed by atoms with van der Waals surface area (Å²) in [5.74, 6) is 0.898. The van der Waals surface area contributed by atoms with E-state index in [1.54, 1.807) is 0 Å². The molecule has 3 rings (SSSR count). The highest BCUT2D eigenvalue weighted by molar-refractivity contribution is 5.53. The fourth-order valence-corrected chi connectivity index (χ4v) is 1.40. The molecule has 0 spiro atoms. The number of rotatable bonds is 5. The summed E-state index contributed by atoms with van der Waals surface area (Å²) in [4.78, 5) is 2.31. The normalized spacial score (nSPS) is 16.0. The van der Waals surface area contributed by atoms with E-state index in [0.29, 0.717) is 6.73 Å². The van der Waals surface area contributed by atoms with Crippen LogP contribution in [0.5, 0.6) is 5.75 Å². The molecular formula is C12H12N2O. The molecule has 76 valence electrons. The first-order valence-corrected chi connectivity index (χ1v) is 5.10. The Bertz CT molecular complexity index is 425. The first-order chi connectivity index (χ1) is 7.42. The van der Waals surface area contributed by atoms with Gasteiger partial charge in [0.15, 0.2) is 6.73 Å². The highest BCUT2D eigenvalue weighted by Gasteiger charge is 2.17. The lowest BCUT2D eigenvalue weighted by Gasteiger charge is -2.07. The van der Waals surface area contributed by atoms with Gasteiger partial charge in [-0.3, -0.25) is 0 Å². The van der Waals surface area contributed by atoms with Crippen molar-refractivity contribution in [3.63, 3.8) is 0 Å². The van der Waals surface area contributed by atoms with Gasteiger partial charge in [-0.2, -0.15) is 0 Å². The van der Waals surface area contributed by atoms with Gasteiger partial charge in [0.05, 0.1) is 5.70 Å². The Kier molecular flexibility index (Phi) is 1.90. The average Bonchev–Trinajstić information content (AvgIpc) is 3.14. The van der Waals surface area contributed by atoms with Crippen molar-refractivity contribution in [1.29, 1.82) is 0 Å². The second kappa shape index (κ2) is 3.37. The third-order valence-corrected chi connectivity index (χ3v) is 2.44. The predicted molar refractivity (Wildman–Crippen MR) is 58.9 cm³/mol. The maximum Gasteiger partial charge on any atom is 0.159 e. The summed E-state index contributed by atoms with van der Waals surface area (Å²) in [6, 6.07) is 8.20. The van der Waals surface area contributed by atoms with E-state index in [1.807, 2.05) is 18.2 Å². The number of benzene rings is 1. The molecule has 0 saturated carbocycles. The second-order valence-electron chi connectivity index (χ2n) is 3.65. The molecule has 1 N–H and O–H groups in total. The minimum absolute atomic E-state index is 0.502. The molecule has 0 unspecified atom stereocenters. The van der Waals surface area contributed by atoms with Crippen molar-refractivity contribution in [2.75, 3.05) is 24.7 Å². The van der Waals surface area contributed by atoms with Crippen LogP contribution in [-0.4, -0.2) is 19.8 Å². The fraction of sp³-hybridized carbons (Fsp3) is 0.250. The Labute approximate surface area is 88.7 Å². The highest BCUT2D eigenvalue weighted by Crippen LogP contribution is 2.23. The van der Waals surface area contributed by atoms with Gasteiger partial charge in [0.2, 0.25) is 0 Å². The minimum atomic E-state index is 0.502.